The molecule has 1 saturated carbocycles. The van der Waals surface area contributed by atoms with Gasteiger partial charge in [0.05, 0.1) is 5.52 Å². The summed E-state index contributed by atoms with van der Waals surface area (Å²) in [5, 5.41) is 4.37. The summed E-state index contributed by atoms with van der Waals surface area (Å²) < 4.78 is 54.5. The van der Waals surface area contributed by atoms with E-state index in [2.05, 4.69) is 20.0 Å². The third-order valence-electron chi connectivity index (χ3n) is 6.27. The molecule has 1 fully saturated rings. The number of fused-ring (bicyclic) bond motifs is 1. The topological polar surface area (TPSA) is 87.2 Å². The van der Waals surface area contributed by atoms with Crippen molar-refractivity contribution in [3.05, 3.63) is 54.1 Å². The molecule has 4 rings (SSSR count). The smallest absolute Gasteiger partial charge is 0.243 e. The second-order valence-electron chi connectivity index (χ2n) is 8.98. The highest BCUT2D eigenvalue weighted by Gasteiger charge is 2.25. The molecule has 34 heavy (non-hydrogen) atoms. The predicted molar refractivity (Wildman–Crippen MR) is 129 cm³/mol. The van der Waals surface area contributed by atoms with E-state index in [9.17, 15) is 17.2 Å². The highest BCUT2D eigenvalue weighted by Crippen LogP contribution is 2.30. The van der Waals surface area contributed by atoms with Crippen molar-refractivity contribution in [3.63, 3.8) is 0 Å². The molecular weight excluding hydrogens is 460 g/mol. The summed E-state index contributed by atoms with van der Waals surface area (Å²) >= 11 is 0. The number of anilines is 2. The molecular formula is C24H29F2N5O2S. The fraction of sp³-hybridized carbons (Fsp3) is 0.417. The van der Waals surface area contributed by atoms with Crippen molar-refractivity contribution in [2.45, 2.75) is 30.6 Å². The Hall–Kier alpha value is -2.85. The Balaban J connectivity index is 1.30. The maximum atomic E-state index is 13.9. The van der Waals surface area contributed by atoms with Gasteiger partial charge in [0.25, 0.3) is 0 Å². The van der Waals surface area contributed by atoms with E-state index in [4.69, 9.17) is 0 Å². The molecule has 1 aliphatic carbocycles. The van der Waals surface area contributed by atoms with Crippen LogP contribution in [0.5, 0.6) is 0 Å². The van der Waals surface area contributed by atoms with Crippen molar-refractivity contribution in [2.75, 3.05) is 37.4 Å². The summed E-state index contributed by atoms with van der Waals surface area (Å²) in [7, 11) is -0.189. The minimum absolute atomic E-state index is 0.153. The molecule has 0 radical (unpaired) electrons. The van der Waals surface area contributed by atoms with Crippen LogP contribution in [0.3, 0.4) is 0 Å². The molecule has 0 unspecified atom stereocenters. The van der Waals surface area contributed by atoms with Crippen molar-refractivity contribution in [1.29, 1.82) is 0 Å². The molecule has 182 valence electrons. The van der Waals surface area contributed by atoms with E-state index < -0.39 is 26.6 Å². The zero-order valence-corrected chi connectivity index (χ0v) is 20.1. The van der Waals surface area contributed by atoms with E-state index in [0.29, 0.717) is 17.9 Å². The molecule has 3 aromatic rings. The number of para-hydroxylation sites is 1. The van der Waals surface area contributed by atoms with Gasteiger partial charge in [0.15, 0.2) is 0 Å². The molecule has 1 aliphatic rings. The van der Waals surface area contributed by atoms with Crippen molar-refractivity contribution in [1.82, 2.24) is 14.7 Å². The Kier molecular flexibility index (Phi) is 7.27. The van der Waals surface area contributed by atoms with E-state index in [1.54, 1.807) is 0 Å². The van der Waals surface area contributed by atoms with Crippen LogP contribution in [0, 0.1) is 23.5 Å². The van der Waals surface area contributed by atoms with Crippen molar-refractivity contribution in [3.8, 4) is 0 Å². The highest BCUT2D eigenvalue weighted by molar-refractivity contribution is 7.89. The summed E-state index contributed by atoms with van der Waals surface area (Å²) in [6.45, 7) is 0.941. The molecule has 0 amide bonds. The van der Waals surface area contributed by atoms with Crippen LogP contribution in [0.25, 0.3) is 10.9 Å². The van der Waals surface area contributed by atoms with Crippen molar-refractivity contribution < 1.29 is 17.2 Å². The Morgan fingerprint density at radius 1 is 0.971 bits per heavy atom. The lowest BCUT2D eigenvalue weighted by molar-refractivity contribution is 0.284. The van der Waals surface area contributed by atoms with Crippen LogP contribution in [0.2, 0.25) is 0 Å². The molecule has 0 aliphatic heterocycles. The SMILES string of the molecule is CN(C)c1nc(NC[C@H]2CC[C@H](CNS(=O)(=O)c3cc(F)ccc3F)CC2)nc2ccccc12. The summed E-state index contributed by atoms with van der Waals surface area (Å²) in [6, 6.07) is 10.3. The molecule has 0 atom stereocenters. The molecule has 1 heterocycles. The average molecular weight is 490 g/mol. The number of hydrogen-bond acceptors (Lipinski definition) is 6. The van der Waals surface area contributed by atoms with E-state index in [-0.39, 0.29) is 12.5 Å². The van der Waals surface area contributed by atoms with Gasteiger partial charge in [0, 0.05) is 32.6 Å². The number of hydrogen-bond donors (Lipinski definition) is 2. The van der Waals surface area contributed by atoms with Crippen LogP contribution < -0.4 is 14.9 Å². The van der Waals surface area contributed by atoms with Crippen LogP contribution in [0.4, 0.5) is 20.5 Å². The first-order valence-electron chi connectivity index (χ1n) is 11.4. The van der Waals surface area contributed by atoms with Crippen LogP contribution >= 0.6 is 0 Å². The van der Waals surface area contributed by atoms with E-state index in [1.807, 2.05) is 43.3 Å². The van der Waals surface area contributed by atoms with E-state index in [0.717, 1.165) is 61.1 Å². The third kappa shape index (κ3) is 5.61. The summed E-state index contributed by atoms with van der Waals surface area (Å²) in [5.41, 5.74) is 0.884. The first-order valence-corrected chi connectivity index (χ1v) is 12.8. The Morgan fingerprint density at radius 3 is 2.35 bits per heavy atom. The van der Waals surface area contributed by atoms with Crippen molar-refractivity contribution in [2.24, 2.45) is 11.8 Å². The Labute approximate surface area is 198 Å². The van der Waals surface area contributed by atoms with Gasteiger partial charge < -0.3 is 10.2 Å². The fourth-order valence-electron chi connectivity index (χ4n) is 4.34. The Bertz CT molecular complexity index is 1260. The number of nitrogens with zero attached hydrogens (tertiary/aromatic N) is 3. The van der Waals surface area contributed by atoms with Gasteiger partial charge in [-0.25, -0.2) is 26.9 Å². The Morgan fingerprint density at radius 2 is 1.65 bits per heavy atom. The monoisotopic (exact) mass is 489 g/mol. The van der Waals surface area contributed by atoms with E-state index >= 15 is 0 Å². The predicted octanol–water partition coefficient (Wildman–Crippen LogP) is 4.17. The third-order valence-corrected chi connectivity index (χ3v) is 7.71. The van der Waals surface area contributed by atoms with Crippen LogP contribution in [0.15, 0.2) is 47.4 Å². The molecule has 2 N–H and O–H groups in total. The van der Waals surface area contributed by atoms with Gasteiger partial charge in [-0.15, -0.1) is 0 Å². The normalized spacial score (nSPS) is 18.7. The van der Waals surface area contributed by atoms with E-state index in [1.165, 1.54) is 0 Å². The van der Waals surface area contributed by atoms with Gasteiger partial charge in [0.1, 0.15) is 22.3 Å². The maximum Gasteiger partial charge on any atom is 0.243 e. The van der Waals surface area contributed by atoms with Gasteiger partial charge in [0.2, 0.25) is 16.0 Å². The summed E-state index contributed by atoms with van der Waals surface area (Å²) in [4.78, 5) is 10.6. The largest absolute Gasteiger partial charge is 0.362 e. The summed E-state index contributed by atoms with van der Waals surface area (Å²) in [5.74, 6) is 0.277. The van der Waals surface area contributed by atoms with Gasteiger partial charge >= 0.3 is 0 Å². The van der Waals surface area contributed by atoms with Crippen LogP contribution in [0.1, 0.15) is 25.7 Å². The van der Waals surface area contributed by atoms with Crippen molar-refractivity contribution >= 4 is 32.7 Å². The first-order chi connectivity index (χ1) is 16.2. The van der Waals surface area contributed by atoms with Gasteiger partial charge in [-0.3, -0.25) is 0 Å². The first kappa shape index (κ1) is 24.3. The number of aromatic nitrogens is 2. The molecule has 1 aromatic heterocycles. The molecule has 10 heteroatoms. The molecule has 0 spiro atoms. The lowest BCUT2D eigenvalue weighted by Gasteiger charge is -2.28. The minimum atomic E-state index is -4.10. The maximum absolute atomic E-state index is 13.9. The fourth-order valence-corrected chi connectivity index (χ4v) is 5.55. The van der Waals surface area contributed by atoms with Gasteiger partial charge in [-0.05, 0) is 67.9 Å². The minimum Gasteiger partial charge on any atom is -0.362 e. The zero-order chi connectivity index (χ0) is 24.3. The summed E-state index contributed by atoms with van der Waals surface area (Å²) in [6.07, 6.45) is 3.56. The molecule has 2 aromatic carbocycles. The number of halogens is 2. The standard InChI is InChI=1S/C24H29F2N5O2S/c1-31(2)23-19-5-3-4-6-21(19)29-24(30-23)27-14-16-7-9-17(10-8-16)15-28-34(32,33)22-13-18(25)11-12-20(22)26/h3-6,11-13,16-17,28H,7-10,14-15H2,1-2H3,(H,27,29,30)/t16-,17-. The average Bonchev–Trinajstić information content (AvgIpc) is 2.83. The van der Waals surface area contributed by atoms with Gasteiger partial charge in [-0.1, -0.05) is 12.1 Å². The lowest BCUT2D eigenvalue weighted by Crippen LogP contribution is -2.32. The van der Waals surface area contributed by atoms with Gasteiger partial charge in [-0.2, -0.15) is 4.98 Å². The second-order valence-corrected chi connectivity index (χ2v) is 10.7. The zero-order valence-electron chi connectivity index (χ0n) is 19.3. The molecule has 0 saturated heterocycles. The van der Waals surface area contributed by atoms with Crippen LogP contribution in [-0.4, -0.2) is 45.6 Å². The quantitative estimate of drug-likeness (QED) is 0.494. The lowest BCUT2D eigenvalue weighted by atomic mass is 9.82. The highest BCUT2D eigenvalue weighted by atomic mass is 32.2. The number of nitrogens with one attached hydrogen (secondary N) is 2. The molecule has 7 nitrogen and oxygen atoms in total. The second kappa shape index (κ2) is 10.2. The van der Waals surface area contributed by atoms with Crippen LogP contribution in [-0.2, 0) is 10.0 Å². The molecule has 0 bridgehead atoms. The number of sulfonamides is 1. The number of benzene rings is 2. The number of rotatable bonds is 8.